The van der Waals surface area contributed by atoms with Crippen molar-refractivity contribution >= 4 is 5.69 Å². The molecule has 5 heteroatoms. The molecule has 0 saturated carbocycles. The zero-order chi connectivity index (χ0) is 14.6. The fraction of sp³-hybridized carbons (Fsp3) is 0.571. The molecule has 0 amide bonds. The summed E-state index contributed by atoms with van der Waals surface area (Å²) < 4.78 is 13.1. The summed E-state index contributed by atoms with van der Waals surface area (Å²) in [5.74, 6) is -0.578. The van der Waals surface area contributed by atoms with Crippen molar-refractivity contribution in [3.8, 4) is 0 Å². The number of hydrogen-bond donors (Lipinski definition) is 1. The number of nitro benzene ring substituents is 1. The summed E-state index contributed by atoms with van der Waals surface area (Å²) in [7, 11) is 0. The van der Waals surface area contributed by atoms with E-state index >= 15 is 0 Å². The number of hydrogen-bond acceptors (Lipinski definition) is 3. The Labute approximate surface area is 113 Å². The van der Waals surface area contributed by atoms with Crippen molar-refractivity contribution in [1.29, 1.82) is 0 Å². The average Bonchev–Trinajstić information content (AvgIpc) is 2.29. The Morgan fingerprint density at radius 1 is 1.42 bits per heavy atom. The smallest absolute Gasteiger partial charge is 0.275 e. The third kappa shape index (κ3) is 4.28. The van der Waals surface area contributed by atoms with Crippen molar-refractivity contribution in [2.75, 3.05) is 6.54 Å². The zero-order valence-corrected chi connectivity index (χ0v) is 11.9. The van der Waals surface area contributed by atoms with Crippen LogP contribution in [-0.2, 0) is 6.42 Å². The van der Waals surface area contributed by atoms with E-state index in [2.05, 4.69) is 26.1 Å². The summed E-state index contributed by atoms with van der Waals surface area (Å²) >= 11 is 0. The lowest BCUT2D eigenvalue weighted by Gasteiger charge is -2.31. The van der Waals surface area contributed by atoms with Gasteiger partial charge in [0.1, 0.15) is 5.82 Å². The van der Waals surface area contributed by atoms with Crippen LogP contribution in [0.15, 0.2) is 18.2 Å². The van der Waals surface area contributed by atoms with E-state index < -0.39 is 10.7 Å². The van der Waals surface area contributed by atoms with E-state index in [-0.39, 0.29) is 17.1 Å². The Morgan fingerprint density at radius 2 is 2.05 bits per heavy atom. The third-order valence-corrected chi connectivity index (χ3v) is 3.16. The highest BCUT2D eigenvalue weighted by Gasteiger charge is 2.27. The topological polar surface area (TPSA) is 55.2 Å². The van der Waals surface area contributed by atoms with Crippen LogP contribution in [0.5, 0.6) is 0 Å². The Hall–Kier alpha value is -1.49. The number of nitrogens with zero attached hydrogens (tertiary/aromatic N) is 1. The Morgan fingerprint density at radius 3 is 2.53 bits per heavy atom. The van der Waals surface area contributed by atoms with Gasteiger partial charge >= 0.3 is 0 Å². The molecule has 0 fully saturated rings. The molecule has 0 heterocycles. The minimum atomic E-state index is -0.578. The van der Waals surface area contributed by atoms with Crippen LogP contribution in [0.4, 0.5) is 10.1 Å². The molecule has 0 radical (unpaired) electrons. The first-order valence-corrected chi connectivity index (χ1v) is 6.42. The molecule has 0 saturated heterocycles. The number of likely N-dealkylation sites (N-methyl/N-ethyl adjacent to an activating group) is 1. The van der Waals surface area contributed by atoms with Gasteiger partial charge in [0.2, 0.25) is 0 Å². The highest BCUT2D eigenvalue weighted by atomic mass is 19.1. The largest absolute Gasteiger partial charge is 0.313 e. The summed E-state index contributed by atoms with van der Waals surface area (Å²) in [5, 5.41) is 14.3. The number of halogens is 1. The molecule has 1 N–H and O–H groups in total. The lowest BCUT2D eigenvalue weighted by molar-refractivity contribution is -0.385. The van der Waals surface area contributed by atoms with E-state index in [1.165, 1.54) is 12.1 Å². The van der Waals surface area contributed by atoms with Crippen LogP contribution < -0.4 is 5.32 Å². The Bertz CT molecular complexity index is 455. The van der Waals surface area contributed by atoms with Gasteiger partial charge < -0.3 is 5.32 Å². The minimum Gasteiger partial charge on any atom is -0.313 e. The van der Waals surface area contributed by atoms with Crippen LogP contribution in [0.1, 0.15) is 33.3 Å². The van der Waals surface area contributed by atoms with Crippen LogP contribution in [0.3, 0.4) is 0 Å². The van der Waals surface area contributed by atoms with Crippen molar-refractivity contribution in [3.63, 3.8) is 0 Å². The first-order valence-electron chi connectivity index (χ1n) is 6.42. The van der Waals surface area contributed by atoms with Gasteiger partial charge in [-0.05, 0) is 30.5 Å². The molecule has 1 aromatic rings. The van der Waals surface area contributed by atoms with Crippen molar-refractivity contribution in [1.82, 2.24) is 5.32 Å². The molecular weight excluding hydrogens is 247 g/mol. The van der Waals surface area contributed by atoms with Crippen molar-refractivity contribution in [3.05, 3.63) is 39.7 Å². The molecule has 0 aliphatic carbocycles. The SMILES string of the molecule is CCNC(Cc1ccc(F)cc1[N+](=O)[O-])C(C)(C)C. The fourth-order valence-corrected chi connectivity index (χ4v) is 2.03. The minimum absolute atomic E-state index is 0.0295. The monoisotopic (exact) mass is 268 g/mol. The van der Waals surface area contributed by atoms with E-state index in [4.69, 9.17) is 0 Å². The van der Waals surface area contributed by atoms with Gasteiger partial charge in [0.25, 0.3) is 5.69 Å². The van der Waals surface area contributed by atoms with Gasteiger partial charge in [-0.2, -0.15) is 0 Å². The molecule has 1 rings (SSSR count). The highest BCUT2D eigenvalue weighted by molar-refractivity contribution is 5.41. The first-order chi connectivity index (χ1) is 8.75. The van der Waals surface area contributed by atoms with Crippen molar-refractivity contribution in [2.45, 2.75) is 40.2 Å². The van der Waals surface area contributed by atoms with Gasteiger partial charge in [0, 0.05) is 11.6 Å². The predicted octanol–water partition coefficient (Wildman–Crippen LogP) is 3.30. The molecule has 0 aliphatic rings. The number of rotatable bonds is 5. The molecule has 0 aliphatic heterocycles. The molecule has 0 spiro atoms. The summed E-state index contributed by atoms with van der Waals surface area (Å²) in [6.07, 6.45) is 0.508. The molecule has 0 aromatic heterocycles. The standard InChI is InChI=1S/C14H21FN2O2/c1-5-16-13(14(2,3)4)8-10-6-7-11(15)9-12(10)17(18)19/h6-7,9,13,16H,5,8H2,1-4H3. The number of nitro groups is 1. The maximum atomic E-state index is 13.1. The molecule has 1 unspecified atom stereocenters. The summed E-state index contributed by atoms with van der Waals surface area (Å²) in [6.45, 7) is 9.02. The van der Waals surface area contributed by atoms with Crippen LogP contribution >= 0.6 is 0 Å². The van der Waals surface area contributed by atoms with Gasteiger partial charge in [0.15, 0.2) is 0 Å². The van der Waals surface area contributed by atoms with Crippen LogP contribution in [0.2, 0.25) is 0 Å². The Kier molecular flexibility index (Phi) is 5.00. The van der Waals surface area contributed by atoms with Crippen LogP contribution in [0, 0.1) is 21.3 Å². The second kappa shape index (κ2) is 6.10. The molecule has 106 valence electrons. The second-order valence-corrected chi connectivity index (χ2v) is 5.71. The highest BCUT2D eigenvalue weighted by Crippen LogP contribution is 2.27. The van der Waals surface area contributed by atoms with E-state index in [0.29, 0.717) is 12.0 Å². The number of benzene rings is 1. The van der Waals surface area contributed by atoms with E-state index in [1.807, 2.05) is 6.92 Å². The van der Waals surface area contributed by atoms with Gasteiger partial charge in [0.05, 0.1) is 11.0 Å². The quantitative estimate of drug-likeness (QED) is 0.658. The summed E-state index contributed by atoms with van der Waals surface area (Å²) in [4.78, 5) is 10.5. The van der Waals surface area contributed by atoms with E-state index in [0.717, 1.165) is 12.6 Å². The molecule has 0 bridgehead atoms. The first kappa shape index (κ1) is 15.6. The maximum Gasteiger partial charge on any atom is 0.275 e. The normalized spacial score (nSPS) is 13.3. The van der Waals surface area contributed by atoms with Gasteiger partial charge in [-0.15, -0.1) is 0 Å². The van der Waals surface area contributed by atoms with E-state index in [9.17, 15) is 14.5 Å². The summed E-state index contributed by atoms with van der Waals surface area (Å²) in [5.41, 5.74) is 0.387. The van der Waals surface area contributed by atoms with Gasteiger partial charge in [-0.25, -0.2) is 4.39 Å². The van der Waals surface area contributed by atoms with Crippen LogP contribution in [0.25, 0.3) is 0 Å². The molecule has 1 atom stereocenters. The zero-order valence-electron chi connectivity index (χ0n) is 11.9. The summed E-state index contributed by atoms with van der Waals surface area (Å²) in [6, 6.07) is 3.86. The van der Waals surface area contributed by atoms with Gasteiger partial charge in [-0.3, -0.25) is 10.1 Å². The van der Waals surface area contributed by atoms with E-state index in [1.54, 1.807) is 0 Å². The van der Waals surface area contributed by atoms with Crippen LogP contribution in [-0.4, -0.2) is 17.5 Å². The molecule has 4 nitrogen and oxygen atoms in total. The molecule has 1 aromatic carbocycles. The number of nitrogens with one attached hydrogen (secondary N) is 1. The molecular formula is C14H21FN2O2. The van der Waals surface area contributed by atoms with Gasteiger partial charge in [-0.1, -0.05) is 27.7 Å². The lowest BCUT2D eigenvalue weighted by Crippen LogP contribution is -2.42. The van der Waals surface area contributed by atoms with Crippen molar-refractivity contribution in [2.24, 2.45) is 5.41 Å². The predicted molar refractivity (Wildman–Crippen MR) is 73.7 cm³/mol. The fourth-order valence-electron chi connectivity index (χ4n) is 2.03. The second-order valence-electron chi connectivity index (χ2n) is 5.71. The van der Waals surface area contributed by atoms with Crippen molar-refractivity contribution < 1.29 is 9.31 Å². The lowest BCUT2D eigenvalue weighted by atomic mass is 9.82. The average molecular weight is 268 g/mol. The molecule has 19 heavy (non-hydrogen) atoms. The Balaban J connectivity index is 3.06. The maximum absolute atomic E-state index is 13.1. The third-order valence-electron chi connectivity index (χ3n) is 3.16.